The van der Waals surface area contributed by atoms with Crippen molar-refractivity contribution in [3.8, 4) is 0 Å². The van der Waals surface area contributed by atoms with Gasteiger partial charge in [-0.2, -0.15) is 0 Å². The monoisotopic (exact) mass is 293 g/mol. The summed E-state index contributed by atoms with van der Waals surface area (Å²) < 4.78 is 0. The van der Waals surface area contributed by atoms with Crippen LogP contribution in [0.25, 0.3) is 0 Å². The maximum Gasteiger partial charge on any atom is -0.00176 e. The summed E-state index contributed by atoms with van der Waals surface area (Å²) >= 11 is 0. The van der Waals surface area contributed by atoms with Crippen LogP contribution in [0.4, 0.5) is 0 Å². The van der Waals surface area contributed by atoms with Gasteiger partial charge in [-0.3, -0.25) is 0 Å². The minimum Gasteiger partial charge on any atom is -0.316 e. The number of hydrogen-bond acceptors (Lipinski definition) is 1. The molecule has 1 N–H and O–H groups in total. The van der Waals surface area contributed by atoms with E-state index in [0.717, 1.165) is 41.4 Å². The smallest absolute Gasteiger partial charge is 0.00176 e. The van der Waals surface area contributed by atoms with Crippen LogP contribution in [0.3, 0.4) is 0 Å². The third-order valence-corrected chi connectivity index (χ3v) is 6.09. The summed E-state index contributed by atoms with van der Waals surface area (Å²) in [7, 11) is 0. The van der Waals surface area contributed by atoms with Crippen molar-refractivity contribution >= 4 is 0 Å². The Kier molecular flexibility index (Phi) is 6.59. The van der Waals surface area contributed by atoms with Gasteiger partial charge in [-0.1, -0.05) is 41.0 Å². The van der Waals surface area contributed by atoms with E-state index in [2.05, 4.69) is 39.9 Å². The lowest BCUT2D eigenvalue weighted by atomic mass is 9.62. The molecule has 0 saturated heterocycles. The molecule has 5 unspecified atom stereocenters. The van der Waals surface area contributed by atoms with Gasteiger partial charge in [0.05, 0.1) is 0 Å². The second-order valence-electron chi connectivity index (χ2n) is 9.07. The van der Waals surface area contributed by atoms with E-state index < -0.39 is 0 Å². The van der Waals surface area contributed by atoms with Crippen LogP contribution >= 0.6 is 0 Å². The lowest BCUT2D eigenvalue weighted by molar-refractivity contribution is 0.0695. The van der Waals surface area contributed by atoms with E-state index in [9.17, 15) is 0 Å². The normalized spacial score (nSPS) is 41.4. The standard InChI is InChI=1S/C20H39N/c1-14(2)12-21-13-18-7-6-15(3)11-20(18)19-9-16(4)8-17(5)10-19/h14-21H,6-13H2,1-5H3. The first-order valence-electron chi connectivity index (χ1n) is 9.66. The molecule has 0 radical (unpaired) electrons. The summed E-state index contributed by atoms with van der Waals surface area (Å²) in [5.41, 5.74) is 0. The van der Waals surface area contributed by atoms with Crippen LogP contribution in [0.5, 0.6) is 0 Å². The third kappa shape index (κ3) is 5.27. The molecule has 0 amide bonds. The molecular weight excluding hydrogens is 254 g/mol. The van der Waals surface area contributed by atoms with Gasteiger partial charge >= 0.3 is 0 Å². The second kappa shape index (κ2) is 7.99. The fourth-order valence-corrected chi connectivity index (χ4v) is 5.23. The van der Waals surface area contributed by atoms with Crippen molar-refractivity contribution in [2.24, 2.45) is 41.4 Å². The number of hydrogen-bond donors (Lipinski definition) is 1. The molecule has 0 spiro atoms. The molecule has 2 rings (SSSR count). The van der Waals surface area contributed by atoms with Crippen molar-refractivity contribution in [2.75, 3.05) is 13.1 Å². The lowest BCUT2D eigenvalue weighted by Gasteiger charge is -2.44. The van der Waals surface area contributed by atoms with Gasteiger partial charge in [-0.25, -0.2) is 0 Å². The van der Waals surface area contributed by atoms with E-state index in [1.807, 2.05) is 0 Å². The topological polar surface area (TPSA) is 12.0 Å². The zero-order chi connectivity index (χ0) is 15.4. The molecule has 1 heteroatoms. The van der Waals surface area contributed by atoms with Gasteiger partial charge in [0.25, 0.3) is 0 Å². The summed E-state index contributed by atoms with van der Waals surface area (Å²) in [4.78, 5) is 0. The van der Waals surface area contributed by atoms with Crippen LogP contribution in [0, 0.1) is 41.4 Å². The zero-order valence-corrected chi connectivity index (χ0v) is 15.2. The van der Waals surface area contributed by atoms with Crippen molar-refractivity contribution in [1.82, 2.24) is 5.32 Å². The molecule has 2 fully saturated rings. The zero-order valence-electron chi connectivity index (χ0n) is 15.2. The Bertz CT molecular complexity index is 288. The van der Waals surface area contributed by atoms with Gasteiger partial charge in [0, 0.05) is 0 Å². The fraction of sp³-hybridized carbons (Fsp3) is 1.00. The molecular formula is C20H39N. The molecule has 0 aromatic rings. The molecule has 0 aromatic heterocycles. The Morgan fingerprint density at radius 2 is 1.52 bits per heavy atom. The summed E-state index contributed by atoms with van der Waals surface area (Å²) in [5.74, 6) is 6.61. The molecule has 2 aliphatic rings. The predicted molar refractivity (Wildman–Crippen MR) is 93.4 cm³/mol. The Morgan fingerprint density at radius 3 is 2.14 bits per heavy atom. The Hall–Kier alpha value is -0.0400. The highest BCUT2D eigenvalue weighted by atomic mass is 14.9. The van der Waals surface area contributed by atoms with Gasteiger partial charge in [-0.05, 0) is 86.6 Å². The fourth-order valence-electron chi connectivity index (χ4n) is 5.23. The summed E-state index contributed by atoms with van der Waals surface area (Å²) in [5, 5.41) is 3.76. The van der Waals surface area contributed by atoms with Crippen molar-refractivity contribution in [2.45, 2.75) is 73.1 Å². The highest BCUT2D eigenvalue weighted by Gasteiger charge is 2.37. The van der Waals surface area contributed by atoms with Crippen LogP contribution in [-0.4, -0.2) is 13.1 Å². The first-order valence-corrected chi connectivity index (χ1v) is 9.66. The quantitative estimate of drug-likeness (QED) is 0.720. The average molecular weight is 294 g/mol. The lowest BCUT2D eigenvalue weighted by Crippen LogP contribution is -2.39. The molecule has 2 saturated carbocycles. The maximum atomic E-state index is 3.76. The Labute approximate surface area is 133 Å². The first-order chi connectivity index (χ1) is 9.95. The summed E-state index contributed by atoms with van der Waals surface area (Å²) in [6.45, 7) is 14.6. The molecule has 0 aliphatic heterocycles. The largest absolute Gasteiger partial charge is 0.316 e. The minimum atomic E-state index is 0.778. The second-order valence-corrected chi connectivity index (χ2v) is 9.07. The highest BCUT2D eigenvalue weighted by Crippen LogP contribution is 2.45. The van der Waals surface area contributed by atoms with Crippen molar-refractivity contribution in [3.63, 3.8) is 0 Å². The van der Waals surface area contributed by atoms with Crippen LogP contribution in [0.15, 0.2) is 0 Å². The van der Waals surface area contributed by atoms with Crippen molar-refractivity contribution in [1.29, 1.82) is 0 Å². The highest BCUT2D eigenvalue weighted by molar-refractivity contribution is 4.88. The van der Waals surface area contributed by atoms with Crippen LogP contribution in [-0.2, 0) is 0 Å². The molecule has 2 aliphatic carbocycles. The van der Waals surface area contributed by atoms with Crippen LogP contribution in [0.1, 0.15) is 73.1 Å². The Balaban J connectivity index is 1.94. The number of nitrogens with one attached hydrogen (secondary N) is 1. The first kappa shape index (κ1) is 17.3. The van der Waals surface area contributed by atoms with Crippen molar-refractivity contribution < 1.29 is 0 Å². The molecule has 0 bridgehead atoms. The van der Waals surface area contributed by atoms with Gasteiger partial charge in [0.15, 0.2) is 0 Å². The van der Waals surface area contributed by atoms with Crippen molar-refractivity contribution in [3.05, 3.63) is 0 Å². The van der Waals surface area contributed by atoms with E-state index in [1.54, 1.807) is 0 Å². The van der Waals surface area contributed by atoms with E-state index in [-0.39, 0.29) is 0 Å². The molecule has 0 heterocycles. The van der Waals surface area contributed by atoms with Gasteiger partial charge in [-0.15, -0.1) is 0 Å². The SMILES string of the molecule is CC(C)CNCC1CCC(C)CC1C1CC(C)CC(C)C1. The summed E-state index contributed by atoms with van der Waals surface area (Å²) in [6.07, 6.45) is 8.90. The van der Waals surface area contributed by atoms with E-state index in [4.69, 9.17) is 0 Å². The predicted octanol–water partition coefficient (Wildman–Crippen LogP) is 5.36. The molecule has 5 atom stereocenters. The average Bonchev–Trinajstić information content (AvgIpc) is 2.39. The van der Waals surface area contributed by atoms with E-state index in [1.165, 1.54) is 51.6 Å². The Morgan fingerprint density at radius 1 is 0.857 bits per heavy atom. The number of rotatable bonds is 5. The molecule has 21 heavy (non-hydrogen) atoms. The van der Waals surface area contributed by atoms with Gasteiger partial charge < -0.3 is 5.32 Å². The molecule has 0 aromatic carbocycles. The maximum absolute atomic E-state index is 3.76. The summed E-state index contributed by atoms with van der Waals surface area (Å²) in [6, 6.07) is 0. The third-order valence-electron chi connectivity index (χ3n) is 6.09. The minimum absolute atomic E-state index is 0.778. The van der Waals surface area contributed by atoms with E-state index >= 15 is 0 Å². The van der Waals surface area contributed by atoms with Crippen LogP contribution < -0.4 is 5.32 Å². The van der Waals surface area contributed by atoms with E-state index in [0.29, 0.717) is 0 Å². The molecule has 1 nitrogen and oxygen atoms in total. The van der Waals surface area contributed by atoms with Crippen LogP contribution in [0.2, 0.25) is 0 Å². The van der Waals surface area contributed by atoms with Gasteiger partial charge in [0.2, 0.25) is 0 Å². The van der Waals surface area contributed by atoms with Gasteiger partial charge in [0.1, 0.15) is 0 Å². The molecule has 124 valence electrons.